The molecule has 0 bridgehead atoms. The van der Waals surface area contributed by atoms with E-state index in [4.69, 9.17) is 9.84 Å². The monoisotopic (exact) mass is 489 g/mol. The first-order chi connectivity index (χ1) is 17.3. The topological polar surface area (TPSA) is 125 Å². The van der Waals surface area contributed by atoms with Crippen LogP contribution < -0.4 is 10.1 Å². The van der Waals surface area contributed by atoms with Gasteiger partial charge in [-0.2, -0.15) is 0 Å². The number of carbonyl (C=O) groups is 3. The first-order valence-electron chi connectivity index (χ1n) is 11.5. The Balaban J connectivity index is 1.55. The van der Waals surface area contributed by atoms with Crippen LogP contribution in [-0.4, -0.2) is 63.3 Å². The van der Waals surface area contributed by atoms with Crippen LogP contribution in [0.1, 0.15) is 34.5 Å². The number of nitrogens with zero attached hydrogens (tertiary/aromatic N) is 4. The molecule has 0 aliphatic carbocycles. The van der Waals surface area contributed by atoms with E-state index in [0.717, 1.165) is 17.7 Å². The Morgan fingerprint density at radius 1 is 1.11 bits per heavy atom. The third-order valence-electron chi connectivity index (χ3n) is 5.64. The maximum absolute atomic E-state index is 12.3. The van der Waals surface area contributed by atoms with Crippen molar-refractivity contribution in [3.63, 3.8) is 0 Å². The van der Waals surface area contributed by atoms with E-state index in [9.17, 15) is 14.4 Å². The molecule has 0 saturated carbocycles. The van der Waals surface area contributed by atoms with E-state index in [1.165, 1.54) is 17.3 Å². The van der Waals surface area contributed by atoms with Gasteiger partial charge in [0.05, 0.1) is 12.6 Å². The fourth-order valence-electron chi connectivity index (χ4n) is 3.81. The number of benzene rings is 1. The zero-order chi connectivity index (χ0) is 25.7. The largest absolute Gasteiger partial charge is 0.481 e. The molecule has 1 aliphatic rings. The van der Waals surface area contributed by atoms with Gasteiger partial charge in [-0.05, 0) is 48.4 Å². The summed E-state index contributed by atoms with van der Waals surface area (Å²) in [5.74, 6) is 0.585. The zero-order valence-corrected chi connectivity index (χ0v) is 20.1. The van der Waals surface area contributed by atoms with Crippen LogP contribution in [0.25, 0.3) is 0 Å². The molecule has 0 spiro atoms. The summed E-state index contributed by atoms with van der Waals surface area (Å²) < 4.78 is 6.08. The lowest BCUT2D eigenvalue weighted by Crippen LogP contribution is -2.24. The molecule has 10 heteroatoms. The van der Waals surface area contributed by atoms with Crippen molar-refractivity contribution >= 4 is 29.3 Å². The molecule has 0 radical (unpaired) electrons. The van der Waals surface area contributed by atoms with Crippen molar-refractivity contribution in [3.05, 3.63) is 71.7 Å². The quantitative estimate of drug-likeness (QED) is 0.468. The molecular weight excluding hydrogens is 462 g/mol. The van der Waals surface area contributed by atoms with Crippen LogP contribution in [0.4, 0.5) is 11.5 Å². The van der Waals surface area contributed by atoms with Crippen molar-refractivity contribution in [2.45, 2.75) is 25.8 Å². The Labute approximate surface area is 208 Å². The van der Waals surface area contributed by atoms with Gasteiger partial charge in [-0.15, -0.1) is 0 Å². The summed E-state index contributed by atoms with van der Waals surface area (Å²) in [6, 6.07) is 12.2. The van der Waals surface area contributed by atoms with Crippen molar-refractivity contribution in [1.29, 1.82) is 0 Å². The van der Waals surface area contributed by atoms with Crippen molar-refractivity contribution in [2.75, 3.05) is 26.0 Å². The van der Waals surface area contributed by atoms with Gasteiger partial charge in [-0.3, -0.25) is 14.4 Å². The molecule has 0 atom stereocenters. The van der Waals surface area contributed by atoms with E-state index in [1.807, 2.05) is 12.1 Å². The molecule has 36 heavy (non-hydrogen) atoms. The highest BCUT2D eigenvalue weighted by Crippen LogP contribution is 2.31. The fraction of sp³-hybridized carbons (Fsp3) is 0.269. The Bertz CT molecular complexity index is 1260. The summed E-state index contributed by atoms with van der Waals surface area (Å²) >= 11 is 0. The van der Waals surface area contributed by atoms with Gasteiger partial charge < -0.3 is 25.0 Å². The fourth-order valence-corrected chi connectivity index (χ4v) is 3.81. The van der Waals surface area contributed by atoms with E-state index < -0.39 is 5.97 Å². The number of ether oxygens (including phenoxy) is 1. The first-order valence-corrected chi connectivity index (χ1v) is 11.5. The van der Waals surface area contributed by atoms with Gasteiger partial charge in [-0.25, -0.2) is 9.97 Å². The van der Waals surface area contributed by atoms with Crippen LogP contribution >= 0.6 is 0 Å². The normalized spacial score (nSPS) is 12.9. The maximum atomic E-state index is 12.3. The van der Waals surface area contributed by atoms with Crippen molar-refractivity contribution in [1.82, 2.24) is 19.8 Å². The standard InChI is InChI=1S/C26H27N5O5/c1-30(2)26(35)21-8-7-20(15-27-21)36-22-9-6-19(13-18(22)16-31-11-3-4-24(31)32)29-23-10-5-17(14-28-23)12-25(33)34/h5-10,13-15H,3-4,11-12,16H2,1-2H3,(H,28,29)(H,33,34). The van der Waals surface area contributed by atoms with Crippen LogP contribution in [0.3, 0.4) is 0 Å². The van der Waals surface area contributed by atoms with Gasteiger partial charge in [-0.1, -0.05) is 6.07 Å². The van der Waals surface area contributed by atoms with Crippen molar-refractivity contribution in [2.24, 2.45) is 0 Å². The van der Waals surface area contributed by atoms with Gasteiger partial charge in [0.15, 0.2) is 0 Å². The molecule has 3 aromatic rings. The number of likely N-dealkylation sites (tertiary alicyclic amines) is 1. The summed E-state index contributed by atoms with van der Waals surface area (Å²) in [5.41, 5.74) is 2.47. The van der Waals surface area contributed by atoms with Gasteiger partial charge in [0, 0.05) is 51.1 Å². The lowest BCUT2D eigenvalue weighted by Gasteiger charge is -2.19. The Morgan fingerprint density at radius 2 is 1.94 bits per heavy atom. The molecule has 1 saturated heterocycles. The number of amides is 2. The molecule has 0 unspecified atom stereocenters. The summed E-state index contributed by atoms with van der Waals surface area (Å²) in [4.78, 5) is 47.0. The van der Waals surface area contributed by atoms with Crippen LogP contribution in [0, 0.1) is 0 Å². The van der Waals surface area contributed by atoms with Gasteiger partial charge in [0.1, 0.15) is 23.0 Å². The number of carboxylic acid groups (broad SMARTS) is 1. The van der Waals surface area contributed by atoms with E-state index >= 15 is 0 Å². The first kappa shape index (κ1) is 24.6. The van der Waals surface area contributed by atoms with Crippen molar-refractivity contribution < 1.29 is 24.2 Å². The van der Waals surface area contributed by atoms with Gasteiger partial charge >= 0.3 is 5.97 Å². The number of aliphatic carboxylic acids is 1. The molecule has 186 valence electrons. The van der Waals surface area contributed by atoms with Gasteiger partial charge in [0.25, 0.3) is 5.91 Å². The number of carbonyl (C=O) groups excluding carboxylic acids is 2. The maximum Gasteiger partial charge on any atom is 0.307 e. The minimum Gasteiger partial charge on any atom is -0.481 e. The molecule has 1 aromatic carbocycles. The molecule has 1 fully saturated rings. The Morgan fingerprint density at radius 3 is 2.56 bits per heavy atom. The lowest BCUT2D eigenvalue weighted by atomic mass is 10.1. The highest BCUT2D eigenvalue weighted by atomic mass is 16.5. The minimum atomic E-state index is -0.914. The summed E-state index contributed by atoms with van der Waals surface area (Å²) in [6.07, 6.45) is 4.29. The molecule has 2 N–H and O–H groups in total. The second-order valence-electron chi connectivity index (χ2n) is 8.67. The number of carboxylic acids is 1. The molecule has 2 aromatic heterocycles. The highest BCUT2D eigenvalue weighted by molar-refractivity contribution is 5.91. The Kier molecular flexibility index (Phi) is 7.43. The third kappa shape index (κ3) is 6.15. The molecule has 10 nitrogen and oxygen atoms in total. The molecular formula is C26H27N5O5. The van der Waals surface area contributed by atoms with Crippen LogP contribution in [0.2, 0.25) is 0 Å². The zero-order valence-electron chi connectivity index (χ0n) is 20.1. The number of rotatable bonds is 9. The third-order valence-corrected chi connectivity index (χ3v) is 5.64. The predicted molar refractivity (Wildman–Crippen MR) is 132 cm³/mol. The summed E-state index contributed by atoms with van der Waals surface area (Å²) in [7, 11) is 3.33. The average molecular weight is 490 g/mol. The summed E-state index contributed by atoms with van der Waals surface area (Å²) in [5, 5.41) is 12.1. The molecule has 3 heterocycles. The lowest BCUT2D eigenvalue weighted by molar-refractivity contribution is -0.136. The molecule has 2 amide bonds. The molecule has 1 aliphatic heterocycles. The minimum absolute atomic E-state index is 0.0908. The van der Waals surface area contributed by atoms with E-state index in [-0.39, 0.29) is 18.2 Å². The van der Waals surface area contributed by atoms with E-state index in [1.54, 1.807) is 49.3 Å². The van der Waals surface area contributed by atoms with E-state index in [0.29, 0.717) is 48.1 Å². The number of hydrogen-bond donors (Lipinski definition) is 2. The second-order valence-corrected chi connectivity index (χ2v) is 8.67. The summed E-state index contributed by atoms with van der Waals surface area (Å²) in [6.45, 7) is 1.07. The SMILES string of the molecule is CN(C)C(=O)c1ccc(Oc2ccc(Nc3ccc(CC(=O)O)cn3)cc2CN2CCCC2=O)cn1. The highest BCUT2D eigenvalue weighted by Gasteiger charge is 2.22. The average Bonchev–Trinajstić information content (AvgIpc) is 3.25. The smallest absolute Gasteiger partial charge is 0.307 e. The second kappa shape index (κ2) is 10.9. The van der Waals surface area contributed by atoms with E-state index in [2.05, 4.69) is 15.3 Å². The number of hydrogen-bond acceptors (Lipinski definition) is 7. The number of pyridine rings is 2. The Hall–Kier alpha value is -4.47. The predicted octanol–water partition coefficient (Wildman–Crippen LogP) is 3.46. The number of nitrogens with one attached hydrogen (secondary N) is 1. The van der Waals surface area contributed by atoms with Crippen LogP contribution in [0.5, 0.6) is 11.5 Å². The van der Waals surface area contributed by atoms with Crippen molar-refractivity contribution in [3.8, 4) is 11.5 Å². The number of anilines is 2. The van der Waals surface area contributed by atoms with Gasteiger partial charge in [0.2, 0.25) is 5.91 Å². The van der Waals surface area contributed by atoms with Crippen LogP contribution in [-0.2, 0) is 22.6 Å². The van der Waals surface area contributed by atoms with Crippen LogP contribution in [0.15, 0.2) is 54.9 Å². The molecule has 4 rings (SSSR count). The number of aromatic nitrogens is 2.